The highest BCUT2D eigenvalue weighted by Gasteiger charge is 2.31. The summed E-state index contributed by atoms with van der Waals surface area (Å²) in [6.45, 7) is 2.05. The second-order valence-corrected chi connectivity index (χ2v) is 5.15. The molecule has 1 unspecified atom stereocenters. The third-order valence-corrected chi connectivity index (χ3v) is 3.46. The van der Waals surface area contributed by atoms with Gasteiger partial charge < -0.3 is 21.1 Å². The first kappa shape index (κ1) is 15.5. The average Bonchev–Trinajstić information content (AvgIpc) is 2.97. The van der Waals surface area contributed by atoms with Crippen LogP contribution in [0.15, 0.2) is 30.3 Å². The highest BCUT2D eigenvalue weighted by molar-refractivity contribution is 5.97. The molecule has 0 bridgehead atoms. The second-order valence-electron chi connectivity index (χ2n) is 5.15. The van der Waals surface area contributed by atoms with Crippen LogP contribution in [0, 0.1) is 0 Å². The van der Waals surface area contributed by atoms with E-state index in [0.717, 1.165) is 6.42 Å². The van der Waals surface area contributed by atoms with E-state index in [0.29, 0.717) is 18.7 Å². The highest BCUT2D eigenvalue weighted by Crippen LogP contribution is 2.19. The van der Waals surface area contributed by atoms with E-state index >= 15 is 0 Å². The molecule has 21 heavy (non-hydrogen) atoms. The van der Waals surface area contributed by atoms with Crippen molar-refractivity contribution >= 4 is 17.5 Å². The van der Waals surface area contributed by atoms with Gasteiger partial charge in [0.1, 0.15) is 12.1 Å². The standard InChI is InChI=1S/C15H21N3O3/c1-10(14(19)18-11-5-3-2-4-6-11)17-15(20)13-8-7-12(9-16)21-13/h2-6,10,12-13H,7-9,16H2,1H3,(H,17,20)(H,18,19)/t10?,12-,13+/m1/s1. The van der Waals surface area contributed by atoms with Crippen molar-refractivity contribution in [3.05, 3.63) is 30.3 Å². The fourth-order valence-corrected chi connectivity index (χ4v) is 2.22. The zero-order valence-corrected chi connectivity index (χ0v) is 12.0. The van der Waals surface area contributed by atoms with Crippen LogP contribution in [-0.4, -0.2) is 36.6 Å². The van der Waals surface area contributed by atoms with Gasteiger partial charge in [-0.2, -0.15) is 0 Å². The molecule has 0 aliphatic carbocycles. The summed E-state index contributed by atoms with van der Waals surface area (Å²) >= 11 is 0. The maximum Gasteiger partial charge on any atom is 0.249 e. The van der Waals surface area contributed by atoms with Crippen molar-refractivity contribution in [1.82, 2.24) is 5.32 Å². The number of nitrogens with one attached hydrogen (secondary N) is 2. The first-order chi connectivity index (χ1) is 10.1. The van der Waals surface area contributed by atoms with Crippen LogP contribution < -0.4 is 16.4 Å². The molecule has 4 N–H and O–H groups in total. The molecular weight excluding hydrogens is 270 g/mol. The van der Waals surface area contributed by atoms with Crippen molar-refractivity contribution < 1.29 is 14.3 Å². The van der Waals surface area contributed by atoms with Crippen molar-refractivity contribution in [3.8, 4) is 0 Å². The molecule has 0 radical (unpaired) electrons. The monoisotopic (exact) mass is 291 g/mol. The molecule has 1 aromatic carbocycles. The number of ether oxygens (including phenoxy) is 1. The molecule has 2 amide bonds. The lowest BCUT2D eigenvalue weighted by Crippen LogP contribution is -2.46. The van der Waals surface area contributed by atoms with Gasteiger partial charge in [-0.05, 0) is 31.9 Å². The van der Waals surface area contributed by atoms with Gasteiger partial charge in [0, 0.05) is 12.2 Å². The third kappa shape index (κ3) is 4.27. The summed E-state index contributed by atoms with van der Waals surface area (Å²) in [6.07, 6.45) is 0.847. The van der Waals surface area contributed by atoms with Gasteiger partial charge in [0.15, 0.2) is 0 Å². The number of carbonyl (C=O) groups excluding carboxylic acids is 2. The molecule has 0 spiro atoms. The third-order valence-electron chi connectivity index (χ3n) is 3.46. The van der Waals surface area contributed by atoms with E-state index in [4.69, 9.17) is 10.5 Å². The Morgan fingerprint density at radius 1 is 1.33 bits per heavy atom. The molecule has 1 aliphatic rings. The molecule has 3 atom stereocenters. The summed E-state index contributed by atoms with van der Waals surface area (Å²) in [5, 5.41) is 5.41. The molecule has 6 nitrogen and oxygen atoms in total. The zero-order chi connectivity index (χ0) is 15.2. The lowest BCUT2D eigenvalue weighted by atomic mass is 10.2. The SMILES string of the molecule is CC(NC(=O)[C@@H]1CC[C@H](CN)O1)C(=O)Nc1ccccc1. The number of hydrogen-bond donors (Lipinski definition) is 3. The summed E-state index contributed by atoms with van der Waals surface area (Å²) in [7, 11) is 0. The van der Waals surface area contributed by atoms with E-state index in [-0.39, 0.29) is 17.9 Å². The number of nitrogens with two attached hydrogens (primary N) is 1. The molecule has 1 aromatic rings. The Bertz CT molecular complexity index is 492. The highest BCUT2D eigenvalue weighted by atomic mass is 16.5. The number of rotatable bonds is 5. The number of carbonyl (C=O) groups is 2. The average molecular weight is 291 g/mol. The van der Waals surface area contributed by atoms with Gasteiger partial charge in [-0.1, -0.05) is 18.2 Å². The number of para-hydroxylation sites is 1. The Balaban J connectivity index is 1.82. The minimum absolute atomic E-state index is 0.0609. The summed E-state index contributed by atoms with van der Waals surface area (Å²) in [6, 6.07) is 8.48. The lowest BCUT2D eigenvalue weighted by Gasteiger charge is -2.17. The van der Waals surface area contributed by atoms with Crippen LogP contribution in [0.5, 0.6) is 0 Å². The van der Waals surface area contributed by atoms with Crippen molar-refractivity contribution in [2.75, 3.05) is 11.9 Å². The second kappa shape index (κ2) is 7.19. The van der Waals surface area contributed by atoms with Gasteiger partial charge in [-0.3, -0.25) is 9.59 Å². The molecule has 6 heteroatoms. The molecule has 1 fully saturated rings. The zero-order valence-electron chi connectivity index (χ0n) is 12.0. The molecule has 0 saturated carbocycles. The van der Waals surface area contributed by atoms with E-state index in [1.165, 1.54) is 0 Å². The van der Waals surface area contributed by atoms with Gasteiger partial charge in [-0.15, -0.1) is 0 Å². The Morgan fingerprint density at radius 3 is 2.67 bits per heavy atom. The summed E-state index contributed by atoms with van der Waals surface area (Å²) in [4.78, 5) is 24.0. The smallest absolute Gasteiger partial charge is 0.249 e. The Morgan fingerprint density at radius 2 is 2.05 bits per heavy atom. The molecule has 1 aliphatic heterocycles. The number of anilines is 1. The molecule has 2 rings (SSSR count). The molecule has 1 heterocycles. The molecule has 114 valence electrons. The van der Waals surface area contributed by atoms with E-state index in [1.807, 2.05) is 18.2 Å². The topological polar surface area (TPSA) is 93.5 Å². The van der Waals surface area contributed by atoms with Crippen LogP contribution in [-0.2, 0) is 14.3 Å². The fraction of sp³-hybridized carbons (Fsp3) is 0.467. The molecule has 1 saturated heterocycles. The number of hydrogen-bond acceptors (Lipinski definition) is 4. The Kier molecular flexibility index (Phi) is 5.30. The van der Waals surface area contributed by atoms with Crippen molar-refractivity contribution in [1.29, 1.82) is 0 Å². The first-order valence-electron chi connectivity index (χ1n) is 7.12. The van der Waals surface area contributed by atoms with Crippen LogP contribution in [0.4, 0.5) is 5.69 Å². The van der Waals surface area contributed by atoms with E-state index in [9.17, 15) is 9.59 Å². The molecular formula is C15H21N3O3. The van der Waals surface area contributed by atoms with Crippen molar-refractivity contribution in [2.45, 2.75) is 38.0 Å². The summed E-state index contributed by atoms with van der Waals surface area (Å²) in [5.74, 6) is -0.524. The van der Waals surface area contributed by atoms with Gasteiger partial charge >= 0.3 is 0 Å². The van der Waals surface area contributed by atoms with Crippen molar-refractivity contribution in [3.63, 3.8) is 0 Å². The number of benzene rings is 1. The predicted octanol–water partition coefficient (Wildman–Crippen LogP) is 0.636. The Hall–Kier alpha value is -1.92. The molecule has 0 aromatic heterocycles. The quantitative estimate of drug-likeness (QED) is 0.742. The lowest BCUT2D eigenvalue weighted by molar-refractivity contribution is -0.134. The van der Waals surface area contributed by atoms with Crippen LogP contribution in [0.25, 0.3) is 0 Å². The van der Waals surface area contributed by atoms with Crippen LogP contribution in [0.3, 0.4) is 0 Å². The minimum Gasteiger partial charge on any atom is -0.364 e. The van der Waals surface area contributed by atoms with E-state index < -0.39 is 12.1 Å². The maximum atomic E-state index is 12.0. The van der Waals surface area contributed by atoms with Crippen LogP contribution in [0.2, 0.25) is 0 Å². The van der Waals surface area contributed by atoms with Crippen LogP contribution in [0.1, 0.15) is 19.8 Å². The van der Waals surface area contributed by atoms with E-state index in [2.05, 4.69) is 10.6 Å². The van der Waals surface area contributed by atoms with Gasteiger partial charge in [0.05, 0.1) is 6.10 Å². The largest absolute Gasteiger partial charge is 0.364 e. The van der Waals surface area contributed by atoms with E-state index in [1.54, 1.807) is 19.1 Å². The summed E-state index contributed by atoms with van der Waals surface area (Å²) < 4.78 is 5.50. The maximum absolute atomic E-state index is 12.0. The normalized spacial score (nSPS) is 22.6. The van der Waals surface area contributed by atoms with Gasteiger partial charge in [-0.25, -0.2) is 0 Å². The summed E-state index contributed by atoms with van der Waals surface area (Å²) in [5.41, 5.74) is 6.21. The van der Waals surface area contributed by atoms with Crippen molar-refractivity contribution in [2.24, 2.45) is 5.73 Å². The van der Waals surface area contributed by atoms with Gasteiger partial charge in [0.25, 0.3) is 0 Å². The van der Waals surface area contributed by atoms with Gasteiger partial charge in [0.2, 0.25) is 11.8 Å². The van der Waals surface area contributed by atoms with Crippen LogP contribution >= 0.6 is 0 Å². The fourth-order valence-electron chi connectivity index (χ4n) is 2.22. The number of amides is 2. The predicted molar refractivity (Wildman–Crippen MR) is 79.6 cm³/mol. The first-order valence-corrected chi connectivity index (χ1v) is 7.12. The Labute approximate surface area is 124 Å². The minimum atomic E-state index is -0.627.